The first-order valence-corrected chi connectivity index (χ1v) is 10.8. The number of benzene rings is 2. The van der Waals surface area contributed by atoms with E-state index in [0.717, 1.165) is 33.5 Å². The molecular formula is C25H27CaF2N3O4. The molecule has 0 saturated carbocycles. The van der Waals surface area contributed by atoms with Crippen LogP contribution in [0.5, 0.6) is 11.8 Å². The van der Waals surface area contributed by atoms with Gasteiger partial charge < -0.3 is 22.4 Å². The number of esters is 1. The Kier molecular flexibility index (Phi) is 8.90. The number of alkyl halides is 2. The number of hydrogen-bond acceptors (Lipinski definition) is 7. The van der Waals surface area contributed by atoms with Gasteiger partial charge in [0.25, 0.3) is 0 Å². The summed E-state index contributed by atoms with van der Waals surface area (Å²) in [6.07, 6.45) is -0.383. The van der Waals surface area contributed by atoms with E-state index in [1.165, 1.54) is 6.92 Å². The molecular weight excluding hydrogens is 484 g/mol. The van der Waals surface area contributed by atoms with Gasteiger partial charge in [-0.05, 0) is 49.6 Å². The number of carbonyl (C=O) groups excluding carboxylic acids is 1. The predicted molar refractivity (Wildman–Crippen MR) is 130 cm³/mol. The maximum Gasteiger partial charge on any atom is 2.00 e. The van der Waals surface area contributed by atoms with Crippen molar-refractivity contribution in [2.75, 3.05) is 11.9 Å². The zero-order valence-corrected chi connectivity index (χ0v) is 22.2. The van der Waals surface area contributed by atoms with Crippen molar-refractivity contribution in [1.29, 1.82) is 0 Å². The van der Waals surface area contributed by atoms with Gasteiger partial charge in [-0.1, -0.05) is 18.2 Å². The fourth-order valence-electron chi connectivity index (χ4n) is 4.14. The summed E-state index contributed by atoms with van der Waals surface area (Å²) in [5, 5.41) is 3.40. The second kappa shape index (κ2) is 11.5. The first-order valence-electron chi connectivity index (χ1n) is 10.8. The topological polar surface area (TPSA) is 82.6 Å². The second-order valence-corrected chi connectivity index (χ2v) is 8.04. The Morgan fingerprint density at radius 2 is 1.91 bits per heavy atom. The van der Waals surface area contributed by atoms with Gasteiger partial charge in [0, 0.05) is 36.3 Å². The maximum absolute atomic E-state index is 12.6. The number of hydrogen-bond donors (Lipinski definition) is 1. The normalized spacial score (nSPS) is 14.1. The smallest absolute Gasteiger partial charge is 1.00 e. The summed E-state index contributed by atoms with van der Waals surface area (Å²) in [6.45, 7) is 4.77. The molecule has 2 aromatic carbocycles. The number of aromatic nitrogens is 2. The molecule has 0 fully saturated rings. The molecule has 0 radical (unpaired) electrons. The standard InChI is InChI=1S/C25H25F2N3O4.Ca.2H/c1-13-17(11-28-18-8-9-20-21(10-18)32-12-22(20)33-16(4)31)6-5-7-19(13)23-14(2)29-25(30-15(23)3)34-24(26)27;;;/h5-10,22,24,28H,11-12H2,1-4H3;;;/q;+2;2*-1/t22-;;;/m1.../s1. The molecule has 1 aliphatic heterocycles. The van der Waals surface area contributed by atoms with E-state index in [-0.39, 0.29) is 58.7 Å². The van der Waals surface area contributed by atoms with E-state index < -0.39 is 6.61 Å². The number of fused-ring (bicyclic) bond motifs is 1. The third kappa shape index (κ3) is 6.20. The molecule has 3 aromatic rings. The van der Waals surface area contributed by atoms with E-state index in [1.807, 2.05) is 43.3 Å². The number of nitrogens with one attached hydrogen (secondary N) is 1. The summed E-state index contributed by atoms with van der Waals surface area (Å²) in [7, 11) is 0. The molecule has 0 unspecified atom stereocenters. The van der Waals surface area contributed by atoms with Crippen LogP contribution in [0, 0.1) is 20.8 Å². The first kappa shape index (κ1) is 27.1. The molecule has 10 heteroatoms. The first-order chi connectivity index (χ1) is 16.2. The summed E-state index contributed by atoms with van der Waals surface area (Å²) >= 11 is 0. The number of halogens is 2. The minimum Gasteiger partial charge on any atom is -1.00 e. The van der Waals surface area contributed by atoms with Crippen molar-refractivity contribution in [3.05, 3.63) is 64.5 Å². The Hall–Kier alpha value is -2.49. The molecule has 0 amide bonds. The number of carbonyl (C=O) groups is 1. The molecule has 1 aromatic heterocycles. The summed E-state index contributed by atoms with van der Waals surface area (Å²) in [4.78, 5) is 19.5. The third-order valence-corrected chi connectivity index (χ3v) is 5.70. The molecule has 0 spiro atoms. The van der Waals surface area contributed by atoms with E-state index >= 15 is 0 Å². The minimum atomic E-state index is -2.97. The van der Waals surface area contributed by atoms with E-state index in [0.29, 0.717) is 30.3 Å². The summed E-state index contributed by atoms with van der Waals surface area (Å²) < 4.78 is 40.4. The molecule has 1 aliphatic rings. The molecule has 182 valence electrons. The van der Waals surface area contributed by atoms with Crippen molar-refractivity contribution < 1.29 is 30.6 Å². The van der Waals surface area contributed by atoms with Crippen LogP contribution in [-0.2, 0) is 16.1 Å². The van der Waals surface area contributed by atoms with Gasteiger partial charge in [-0.15, -0.1) is 0 Å². The molecule has 7 nitrogen and oxygen atoms in total. The Morgan fingerprint density at radius 3 is 2.57 bits per heavy atom. The number of anilines is 1. The van der Waals surface area contributed by atoms with Crippen molar-refractivity contribution in [2.45, 2.75) is 47.0 Å². The van der Waals surface area contributed by atoms with E-state index in [9.17, 15) is 13.6 Å². The Labute approximate surface area is 235 Å². The Bertz CT molecular complexity index is 1230. The van der Waals surface area contributed by atoms with Crippen LogP contribution in [0.2, 0.25) is 0 Å². The second-order valence-electron chi connectivity index (χ2n) is 8.04. The minimum absolute atomic E-state index is 0. The monoisotopic (exact) mass is 511 g/mol. The van der Waals surface area contributed by atoms with Crippen molar-refractivity contribution in [1.82, 2.24) is 9.97 Å². The fraction of sp³-hybridized carbons (Fsp3) is 0.320. The Morgan fingerprint density at radius 1 is 1.20 bits per heavy atom. The van der Waals surface area contributed by atoms with Gasteiger partial charge in [0.15, 0.2) is 6.10 Å². The van der Waals surface area contributed by atoms with Crippen LogP contribution in [0.1, 0.15) is 44.0 Å². The van der Waals surface area contributed by atoms with E-state index in [1.54, 1.807) is 13.8 Å². The fourth-order valence-corrected chi connectivity index (χ4v) is 4.14. The summed E-state index contributed by atoms with van der Waals surface area (Å²) in [6, 6.07) is 11.3. The van der Waals surface area contributed by atoms with Gasteiger partial charge in [0.1, 0.15) is 12.4 Å². The SMILES string of the molecule is CC(=O)O[C@@H]1COc2cc(NCc3cccc(-c4c(C)nc(OC(F)F)nc4C)c3C)ccc21.[Ca+2].[H-].[H-]. The van der Waals surface area contributed by atoms with Crippen molar-refractivity contribution in [3.8, 4) is 22.9 Å². The average Bonchev–Trinajstić information content (AvgIpc) is 3.14. The van der Waals surface area contributed by atoms with Crippen molar-refractivity contribution in [2.24, 2.45) is 0 Å². The van der Waals surface area contributed by atoms with Gasteiger partial charge >= 0.3 is 56.3 Å². The van der Waals surface area contributed by atoms with Gasteiger partial charge in [-0.3, -0.25) is 4.79 Å². The van der Waals surface area contributed by atoms with Crippen LogP contribution < -0.4 is 14.8 Å². The molecule has 1 N–H and O–H groups in total. The van der Waals surface area contributed by atoms with Crippen LogP contribution in [0.15, 0.2) is 36.4 Å². The molecule has 1 atom stereocenters. The third-order valence-electron chi connectivity index (χ3n) is 5.70. The molecule has 0 bridgehead atoms. The van der Waals surface area contributed by atoms with Crippen LogP contribution in [-0.4, -0.2) is 66.9 Å². The summed E-state index contributed by atoms with van der Waals surface area (Å²) in [5.41, 5.74) is 6.66. The summed E-state index contributed by atoms with van der Waals surface area (Å²) in [5.74, 6) is 0.349. The van der Waals surface area contributed by atoms with Gasteiger partial charge in [0.2, 0.25) is 0 Å². The van der Waals surface area contributed by atoms with Gasteiger partial charge in [0.05, 0.1) is 11.4 Å². The van der Waals surface area contributed by atoms with Crippen molar-refractivity contribution >= 4 is 49.4 Å². The van der Waals surface area contributed by atoms with Gasteiger partial charge in [-0.25, -0.2) is 0 Å². The maximum atomic E-state index is 12.6. The van der Waals surface area contributed by atoms with Crippen molar-refractivity contribution in [3.63, 3.8) is 0 Å². The van der Waals surface area contributed by atoms with Crippen LogP contribution >= 0.6 is 0 Å². The zero-order chi connectivity index (χ0) is 24.4. The molecule has 0 saturated heterocycles. The molecule has 4 rings (SSSR count). The number of nitrogens with zero attached hydrogens (tertiary/aromatic N) is 2. The predicted octanol–water partition coefficient (Wildman–Crippen LogP) is 5.12. The largest absolute Gasteiger partial charge is 2.00 e. The van der Waals surface area contributed by atoms with Gasteiger partial charge in [-0.2, -0.15) is 18.7 Å². The number of ether oxygens (including phenoxy) is 3. The molecule has 0 aliphatic carbocycles. The molecule has 35 heavy (non-hydrogen) atoms. The zero-order valence-electron chi connectivity index (χ0n) is 22.0. The van der Waals surface area contributed by atoms with E-state index in [4.69, 9.17) is 9.47 Å². The Balaban J connectivity index is 0.00000228. The molecule has 2 heterocycles. The number of aryl methyl sites for hydroxylation is 2. The quantitative estimate of drug-likeness (QED) is 0.348. The van der Waals surface area contributed by atoms with Crippen LogP contribution in [0.4, 0.5) is 14.5 Å². The van der Waals surface area contributed by atoms with E-state index in [2.05, 4.69) is 20.0 Å². The van der Waals surface area contributed by atoms with Crippen LogP contribution in [0.3, 0.4) is 0 Å². The average molecular weight is 512 g/mol. The number of rotatable bonds is 7. The van der Waals surface area contributed by atoms with Crippen LogP contribution in [0.25, 0.3) is 11.1 Å².